The van der Waals surface area contributed by atoms with Crippen molar-refractivity contribution in [3.05, 3.63) is 96.3 Å². The Morgan fingerprint density at radius 2 is 1.23 bits per heavy atom. The zero-order valence-corrected chi connectivity index (χ0v) is 23.4. The topological polar surface area (TPSA) is 64.0 Å². The van der Waals surface area contributed by atoms with Crippen LogP contribution in [0.4, 0.5) is 0 Å². The average molecular weight is 539 g/mol. The maximum absolute atomic E-state index is 6.73. The smallest absolute Gasteiger partial charge is 0.190 e. The first-order chi connectivity index (χ1) is 19.2. The van der Waals surface area contributed by atoms with Gasteiger partial charge in [0.2, 0.25) is 0 Å². The van der Waals surface area contributed by atoms with E-state index < -0.39 is 36.2 Å². The van der Waals surface area contributed by atoms with E-state index in [1.165, 1.54) is 5.56 Å². The second-order valence-corrected chi connectivity index (χ2v) is 11.7. The molecule has 3 saturated heterocycles. The summed E-state index contributed by atoms with van der Waals surface area (Å²) in [5.41, 5.74) is 6.08. The van der Waals surface area contributed by atoms with Crippen molar-refractivity contribution >= 4 is 0 Å². The minimum atomic E-state index is -0.812. The number of aryl methyl sites for hydroxylation is 1. The third-order valence-electron chi connectivity index (χ3n) is 7.70. The van der Waals surface area contributed by atoms with E-state index in [0.29, 0.717) is 0 Å². The molecule has 0 saturated carbocycles. The van der Waals surface area contributed by atoms with Crippen LogP contribution in [-0.4, -0.2) is 45.7 Å². The second-order valence-electron chi connectivity index (χ2n) is 11.7. The van der Waals surface area contributed by atoms with E-state index in [1.54, 1.807) is 0 Å². The zero-order valence-electron chi connectivity index (χ0n) is 23.4. The lowest BCUT2D eigenvalue weighted by atomic mass is 9.98. The molecule has 0 radical (unpaired) electrons. The molecule has 3 fully saturated rings. The third kappa shape index (κ3) is 4.39. The van der Waals surface area contributed by atoms with E-state index in [1.807, 2.05) is 52.0 Å². The Bertz CT molecular complexity index is 1510. The van der Waals surface area contributed by atoms with Crippen LogP contribution in [0.25, 0.3) is 28.2 Å². The minimum Gasteiger partial charge on any atom is -0.342 e. The summed E-state index contributed by atoms with van der Waals surface area (Å²) in [4.78, 5) is 5.34. The van der Waals surface area contributed by atoms with Gasteiger partial charge in [-0.05, 0) is 46.8 Å². The molecule has 0 bridgehead atoms. The monoisotopic (exact) mass is 538 g/mol. The average Bonchev–Trinajstić information content (AvgIpc) is 3.59. The first kappa shape index (κ1) is 25.6. The number of hydrogen-bond donors (Lipinski definition) is 0. The van der Waals surface area contributed by atoms with Gasteiger partial charge in [-0.25, -0.2) is 4.98 Å². The van der Waals surface area contributed by atoms with Crippen molar-refractivity contribution in [3.63, 3.8) is 0 Å². The molecule has 40 heavy (non-hydrogen) atoms. The van der Waals surface area contributed by atoms with E-state index in [4.69, 9.17) is 28.7 Å². The normalized spacial score (nSPS) is 28.3. The van der Waals surface area contributed by atoms with Gasteiger partial charge in [-0.15, -0.1) is 0 Å². The molecule has 5 atom stereocenters. The quantitative estimate of drug-likeness (QED) is 0.292. The maximum atomic E-state index is 6.73. The van der Waals surface area contributed by atoms with Crippen molar-refractivity contribution in [1.82, 2.24) is 9.55 Å². The largest absolute Gasteiger partial charge is 0.342 e. The molecule has 0 spiro atoms. The van der Waals surface area contributed by atoms with Crippen molar-refractivity contribution in [3.8, 4) is 28.2 Å². The standard InChI is InChI=1S/C33H34N2O5/c1-20-16-18-23(19-17-20)35-25(22-14-10-7-11-15-22)24(21-12-8-6-9-13-21)34-30(35)28-26-27(38-32(2,3)37-26)29-31(36-28)40-33(4,5)39-29/h6-19,26-29,31H,1-5H3/t26-,27+,28+,29-,31-/m1/s1. The Morgan fingerprint density at radius 3 is 1.90 bits per heavy atom. The van der Waals surface area contributed by atoms with Gasteiger partial charge in [0.25, 0.3) is 0 Å². The van der Waals surface area contributed by atoms with Gasteiger partial charge in [-0.3, -0.25) is 4.57 Å². The van der Waals surface area contributed by atoms with Crippen molar-refractivity contribution in [2.24, 2.45) is 0 Å². The highest BCUT2D eigenvalue weighted by Gasteiger charge is 2.61. The van der Waals surface area contributed by atoms with E-state index in [-0.39, 0.29) is 6.10 Å². The summed E-state index contributed by atoms with van der Waals surface area (Å²) in [6.07, 6.45) is -2.45. The Kier molecular flexibility index (Phi) is 6.00. The van der Waals surface area contributed by atoms with E-state index in [0.717, 1.165) is 34.0 Å². The Morgan fingerprint density at radius 1 is 0.650 bits per heavy atom. The third-order valence-corrected chi connectivity index (χ3v) is 7.70. The van der Waals surface area contributed by atoms with Gasteiger partial charge in [0.15, 0.2) is 17.9 Å². The number of benzene rings is 3. The minimum absolute atomic E-state index is 0.385. The molecule has 0 amide bonds. The van der Waals surface area contributed by atoms with Crippen molar-refractivity contribution in [1.29, 1.82) is 0 Å². The van der Waals surface area contributed by atoms with Crippen LogP contribution in [-0.2, 0) is 23.7 Å². The number of imidazole rings is 1. The van der Waals surface area contributed by atoms with Gasteiger partial charge in [0.05, 0.1) is 11.4 Å². The van der Waals surface area contributed by atoms with Crippen LogP contribution in [0.15, 0.2) is 84.9 Å². The fraction of sp³-hybridized carbons (Fsp3) is 0.364. The highest BCUT2D eigenvalue weighted by atomic mass is 16.9. The summed E-state index contributed by atoms with van der Waals surface area (Å²) < 4.78 is 34.4. The Hall–Kier alpha value is -3.33. The summed E-state index contributed by atoms with van der Waals surface area (Å²) in [5, 5.41) is 0. The molecule has 0 aliphatic carbocycles. The second kappa shape index (κ2) is 9.36. The molecule has 0 N–H and O–H groups in total. The number of nitrogens with zero attached hydrogens (tertiary/aromatic N) is 2. The molecule has 4 heterocycles. The lowest BCUT2D eigenvalue weighted by Crippen LogP contribution is -2.51. The predicted molar refractivity (Wildman–Crippen MR) is 151 cm³/mol. The van der Waals surface area contributed by atoms with Crippen LogP contribution >= 0.6 is 0 Å². The molecular weight excluding hydrogens is 504 g/mol. The summed E-state index contributed by atoms with van der Waals surface area (Å²) in [6.45, 7) is 9.74. The first-order valence-electron chi connectivity index (χ1n) is 13.9. The fourth-order valence-corrected chi connectivity index (χ4v) is 6.06. The highest BCUT2D eigenvalue weighted by molar-refractivity contribution is 5.80. The van der Waals surface area contributed by atoms with Crippen LogP contribution in [0.5, 0.6) is 0 Å². The fourth-order valence-electron chi connectivity index (χ4n) is 6.06. The van der Waals surface area contributed by atoms with Crippen LogP contribution in [0.2, 0.25) is 0 Å². The zero-order chi connectivity index (χ0) is 27.6. The Labute approximate surface area is 234 Å². The summed E-state index contributed by atoms with van der Waals surface area (Å²) >= 11 is 0. The van der Waals surface area contributed by atoms with Crippen molar-refractivity contribution in [2.45, 2.75) is 76.9 Å². The maximum Gasteiger partial charge on any atom is 0.190 e. The van der Waals surface area contributed by atoms with Crippen LogP contribution in [0.3, 0.4) is 0 Å². The van der Waals surface area contributed by atoms with Gasteiger partial charge < -0.3 is 23.7 Å². The molecule has 1 aromatic heterocycles. The van der Waals surface area contributed by atoms with Crippen molar-refractivity contribution < 1.29 is 23.7 Å². The highest BCUT2D eigenvalue weighted by Crippen LogP contribution is 2.50. The number of ether oxygens (including phenoxy) is 5. The molecule has 206 valence electrons. The molecule has 3 aliphatic rings. The van der Waals surface area contributed by atoms with Gasteiger partial charge in [0.1, 0.15) is 30.2 Å². The van der Waals surface area contributed by atoms with E-state index >= 15 is 0 Å². The number of aromatic nitrogens is 2. The molecule has 7 heteroatoms. The van der Waals surface area contributed by atoms with Crippen LogP contribution in [0, 0.1) is 6.92 Å². The summed E-state index contributed by atoms with van der Waals surface area (Å²) in [5.74, 6) is -0.889. The molecule has 3 aliphatic heterocycles. The Balaban J connectivity index is 1.47. The van der Waals surface area contributed by atoms with Gasteiger partial charge in [-0.2, -0.15) is 0 Å². The number of fused-ring (bicyclic) bond motifs is 3. The van der Waals surface area contributed by atoms with E-state index in [2.05, 4.69) is 72.2 Å². The molecule has 7 rings (SSSR count). The van der Waals surface area contributed by atoms with Crippen LogP contribution in [0.1, 0.15) is 45.2 Å². The van der Waals surface area contributed by atoms with Gasteiger partial charge in [0, 0.05) is 16.8 Å². The predicted octanol–water partition coefficient (Wildman–Crippen LogP) is 6.58. The van der Waals surface area contributed by atoms with Crippen molar-refractivity contribution in [2.75, 3.05) is 0 Å². The van der Waals surface area contributed by atoms with Crippen LogP contribution < -0.4 is 0 Å². The molecule has 3 aromatic carbocycles. The lowest BCUT2D eigenvalue weighted by molar-refractivity contribution is -0.238. The molecule has 0 unspecified atom stereocenters. The molecule has 7 nitrogen and oxygen atoms in total. The van der Waals surface area contributed by atoms with Gasteiger partial charge >= 0.3 is 0 Å². The van der Waals surface area contributed by atoms with E-state index in [9.17, 15) is 0 Å². The SMILES string of the molecule is Cc1ccc(-n2c([C@H]3O[C@@H]4OC(C)(C)O[C@@H]4[C@H]4OC(C)(C)O[C@H]43)nc(-c3ccccc3)c2-c2ccccc2)cc1. The summed E-state index contributed by atoms with van der Waals surface area (Å²) in [6, 6.07) is 29.1. The molecular formula is C33H34N2O5. The van der Waals surface area contributed by atoms with Gasteiger partial charge in [-0.1, -0.05) is 78.4 Å². The summed E-state index contributed by atoms with van der Waals surface area (Å²) in [7, 11) is 0. The number of hydrogen-bond acceptors (Lipinski definition) is 6. The first-order valence-corrected chi connectivity index (χ1v) is 13.9. The molecule has 4 aromatic rings. The lowest BCUT2D eigenvalue weighted by Gasteiger charge is -2.37. The number of rotatable bonds is 4.